The number of nitrogens with one attached hydrogen (secondary N) is 1. The molecule has 1 aliphatic rings. The van der Waals surface area contributed by atoms with Crippen LogP contribution in [0.4, 0.5) is 0 Å². The molecule has 0 unspecified atom stereocenters. The third-order valence-electron chi connectivity index (χ3n) is 2.92. The maximum atomic E-state index is 11.6. The molecule has 4 heteroatoms. The van der Waals surface area contributed by atoms with Gasteiger partial charge in [-0.05, 0) is 32.3 Å². The fourth-order valence-electron chi connectivity index (χ4n) is 2.08. The Bertz CT molecular complexity index is 323. The number of rotatable bonds is 6. The van der Waals surface area contributed by atoms with Gasteiger partial charge in [0.1, 0.15) is 6.10 Å². The predicted molar refractivity (Wildman–Crippen MR) is 75.7 cm³/mol. The smallest absolute Gasteiger partial charge is 0.243 e. The van der Waals surface area contributed by atoms with Crippen LogP contribution < -0.4 is 5.32 Å². The largest absolute Gasteiger partial charge is 0.352 e. The van der Waals surface area contributed by atoms with Crippen molar-refractivity contribution < 1.29 is 14.3 Å². The molecular weight excluding hydrogens is 242 g/mol. The molecule has 1 N–H and O–H groups in total. The molecule has 0 aromatic rings. The fourth-order valence-corrected chi connectivity index (χ4v) is 2.08. The van der Waals surface area contributed by atoms with E-state index in [1.54, 1.807) is 6.08 Å². The summed E-state index contributed by atoms with van der Waals surface area (Å²) in [6.45, 7) is 10.7. The first-order chi connectivity index (χ1) is 8.84. The number of amides is 1. The van der Waals surface area contributed by atoms with Crippen LogP contribution in [0, 0.1) is 5.92 Å². The zero-order valence-corrected chi connectivity index (χ0v) is 12.7. The van der Waals surface area contributed by atoms with E-state index in [1.165, 1.54) is 0 Å². The van der Waals surface area contributed by atoms with Crippen molar-refractivity contribution in [3.05, 3.63) is 12.2 Å². The number of carbonyl (C=O) groups is 1. The minimum Gasteiger partial charge on any atom is -0.352 e. The van der Waals surface area contributed by atoms with E-state index in [0.717, 1.165) is 12.8 Å². The molecule has 0 aromatic heterocycles. The van der Waals surface area contributed by atoms with Gasteiger partial charge in [-0.3, -0.25) is 4.79 Å². The van der Waals surface area contributed by atoms with Crippen LogP contribution in [0.2, 0.25) is 0 Å². The lowest BCUT2D eigenvalue weighted by atomic mass is 10.1. The normalized spacial score (nSPS) is 26.2. The summed E-state index contributed by atoms with van der Waals surface area (Å²) in [6.07, 6.45) is 5.24. The molecule has 0 spiro atoms. The third-order valence-corrected chi connectivity index (χ3v) is 2.92. The number of ether oxygens (including phenoxy) is 2. The van der Waals surface area contributed by atoms with Crippen molar-refractivity contribution in [1.29, 1.82) is 0 Å². The van der Waals surface area contributed by atoms with Gasteiger partial charge >= 0.3 is 0 Å². The second-order valence-corrected chi connectivity index (χ2v) is 5.93. The number of hydrogen-bond donors (Lipinski definition) is 1. The highest BCUT2D eigenvalue weighted by molar-refractivity contribution is 5.87. The average molecular weight is 269 g/mol. The fraction of sp³-hybridized carbons (Fsp3) is 0.800. The van der Waals surface area contributed by atoms with Crippen molar-refractivity contribution in [3.63, 3.8) is 0 Å². The highest BCUT2D eigenvalue weighted by atomic mass is 16.7. The Hall–Kier alpha value is -0.870. The van der Waals surface area contributed by atoms with E-state index in [4.69, 9.17) is 9.47 Å². The van der Waals surface area contributed by atoms with E-state index in [2.05, 4.69) is 26.1 Å². The minimum absolute atomic E-state index is 0.0362. The first kappa shape index (κ1) is 16.2. The summed E-state index contributed by atoms with van der Waals surface area (Å²) >= 11 is 0. The van der Waals surface area contributed by atoms with Gasteiger partial charge in [0.15, 0.2) is 5.79 Å². The maximum absolute atomic E-state index is 11.6. The van der Waals surface area contributed by atoms with Gasteiger partial charge in [-0.15, -0.1) is 0 Å². The Balaban J connectivity index is 2.51. The van der Waals surface area contributed by atoms with Crippen molar-refractivity contribution in [2.75, 3.05) is 6.54 Å². The molecule has 110 valence electrons. The molecule has 1 saturated heterocycles. The van der Waals surface area contributed by atoms with Gasteiger partial charge in [0.25, 0.3) is 0 Å². The van der Waals surface area contributed by atoms with Gasteiger partial charge in [-0.2, -0.15) is 0 Å². The molecule has 0 aliphatic carbocycles. The van der Waals surface area contributed by atoms with Gasteiger partial charge in [0.05, 0.1) is 6.10 Å². The van der Waals surface area contributed by atoms with Crippen LogP contribution >= 0.6 is 0 Å². The highest BCUT2D eigenvalue weighted by Crippen LogP contribution is 2.31. The first-order valence-electron chi connectivity index (χ1n) is 7.15. The Labute approximate surface area is 116 Å². The molecule has 1 heterocycles. The van der Waals surface area contributed by atoms with Gasteiger partial charge in [0.2, 0.25) is 5.91 Å². The maximum Gasteiger partial charge on any atom is 0.243 e. The van der Waals surface area contributed by atoms with Gasteiger partial charge in [0, 0.05) is 12.6 Å². The van der Waals surface area contributed by atoms with Gasteiger partial charge in [-0.1, -0.05) is 27.2 Å². The SMILES string of the molecule is CCC[C@H]1OC(C)(C)O[C@@H]1/C=C/C(=O)NCC(C)C. The molecule has 1 amide bonds. The van der Waals surface area contributed by atoms with Crippen molar-refractivity contribution >= 4 is 5.91 Å². The van der Waals surface area contributed by atoms with E-state index < -0.39 is 5.79 Å². The summed E-state index contributed by atoms with van der Waals surface area (Å²) in [6, 6.07) is 0. The molecular formula is C15H27NO3. The molecule has 19 heavy (non-hydrogen) atoms. The van der Waals surface area contributed by atoms with Gasteiger partial charge < -0.3 is 14.8 Å². The Morgan fingerprint density at radius 1 is 1.37 bits per heavy atom. The lowest BCUT2D eigenvalue weighted by molar-refractivity contribution is -0.143. The monoisotopic (exact) mass is 269 g/mol. The Morgan fingerprint density at radius 3 is 2.63 bits per heavy atom. The molecule has 0 radical (unpaired) electrons. The van der Waals surface area contributed by atoms with Crippen LogP contribution in [0.5, 0.6) is 0 Å². The summed E-state index contributed by atoms with van der Waals surface area (Å²) in [7, 11) is 0. The van der Waals surface area contributed by atoms with Gasteiger partial charge in [-0.25, -0.2) is 0 Å². The lowest BCUT2D eigenvalue weighted by Gasteiger charge is -2.16. The van der Waals surface area contributed by atoms with Crippen molar-refractivity contribution in [3.8, 4) is 0 Å². The van der Waals surface area contributed by atoms with E-state index in [9.17, 15) is 4.79 Å². The van der Waals surface area contributed by atoms with Crippen LogP contribution in [0.25, 0.3) is 0 Å². The molecule has 1 fully saturated rings. The number of hydrogen-bond acceptors (Lipinski definition) is 3. The molecule has 1 rings (SSSR count). The topological polar surface area (TPSA) is 47.6 Å². The Kier molecular flexibility index (Phi) is 6.01. The average Bonchev–Trinajstić information content (AvgIpc) is 2.59. The molecule has 4 nitrogen and oxygen atoms in total. The second-order valence-electron chi connectivity index (χ2n) is 5.93. The molecule has 0 saturated carbocycles. The van der Waals surface area contributed by atoms with E-state index in [-0.39, 0.29) is 18.1 Å². The zero-order chi connectivity index (χ0) is 14.5. The third kappa shape index (κ3) is 5.74. The van der Waals surface area contributed by atoms with Crippen molar-refractivity contribution in [2.45, 2.75) is 65.5 Å². The zero-order valence-electron chi connectivity index (χ0n) is 12.7. The van der Waals surface area contributed by atoms with E-state index in [0.29, 0.717) is 12.5 Å². The predicted octanol–water partition coefficient (Wildman–Crippen LogP) is 2.64. The van der Waals surface area contributed by atoms with Crippen molar-refractivity contribution in [2.24, 2.45) is 5.92 Å². The summed E-state index contributed by atoms with van der Waals surface area (Å²) in [4.78, 5) is 11.6. The molecule has 2 atom stereocenters. The van der Waals surface area contributed by atoms with Crippen LogP contribution in [0.3, 0.4) is 0 Å². The second kappa shape index (κ2) is 7.06. The first-order valence-corrected chi connectivity index (χ1v) is 7.15. The number of carbonyl (C=O) groups excluding carboxylic acids is 1. The highest BCUT2D eigenvalue weighted by Gasteiger charge is 2.39. The minimum atomic E-state index is -0.566. The summed E-state index contributed by atoms with van der Waals surface area (Å²) < 4.78 is 11.6. The molecule has 0 aromatic carbocycles. The van der Waals surface area contributed by atoms with Crippen LogP contribution in [0.1, 0.15) is 47.5 Å². The quantitative estimate of drug-likeness (QED) is 0.754. The summed E-state index contributed by atoms with van der Waals surface area (Å²) in [5, 5.41) is 2.85. The van der Waals surface area contributed by atoms with E-state index in [1.807, 2.05) is 19.9 Å². The Morgan fingerprint density at radius 2 is 2.05 bits per heavy atom. The van der Waals surface area contributed by atoms with Crippen LogP contribution in [-0.2, 0) is 14.3 Å². The summed E-state index contributed by atoms with van der Waals surface area (Å²) in [5.74, 6) is -0.184. The summed E-state index contributed by atoms with van der Waals surface area (Å²) in [5.41, 5.74) is 0. The molecule has 0 bridgehead atoms. The van der Waals surface area contributed by atoms with Crippen LogP contribution in [-0.4, -0.2) is 30.4 Å². The van der Waals surface area contributed by atoms with Crippen molar-refractivity contribution in [1.82, 2.24) is 5.32 Å². The standard InChI is InChI=1S/C15H27NO3/c1-6-7-12-13(19-15(4,5)18-12)8-9-14(17)16-10-11(2)3/h8-9,11-13H,6-7,10H2,1-5H3,(H,16,17)/b9-8+/t12-,13-/m1/s1. The van der Waals surface area contributed by atoms with Crippen LogP contribution in [0.15, 0.2) is 12.2 Å². The van der Waals surface area contributed by atoms with E-state index >= 15 is 0 Å². The molecule has 1 aliphatic heterocycles. The lowest BCUT2D eigenvalue weighted by Crippen LogP contribution is -2.26.